The van der Waals surface area contributed by atoms with Gasteiger partial charge in [0.05, 0.1) is 11.3 Å². The van der Waals surface area contributed by atoms with Crippen LogP contribution in [0.2, 0.25) is 0 Å². The first-order valence-electron chi connectivity index (χ1n) is 9.33. The number of nitrogens with one attached hydrogen (secondary N) is 1. The summed E-state index contributed by atoms with van der Waals surface area (Å²) in [6, 6.07) is 6.90. The molecule has 4 rings (SSSR count). The molecule has 2 heterocycles. The molecule has 2 aliphatic rings. The second kappa shape index (κ2) is 7.27. The first kappa shape index (κ1) is 19.0. The van der Waals surface area contributed by atoms with Gasteiger partial charge in [-0.25, -0.2) is 8.78 Å². The van der Waals surface area contributed by atoms with E-state index in [1.54, 1.807) is 6.92 Å². The number of rotatable bonds is 3. The lowest BCUT2D eigenvalue weighted by atomic mass is 10.1. The van der Waals surface area contributed by atoms with Gasteiger partial charge in [0, 0.05) is 12.2 Å². The smallest absolute Gasteiger partial charge is 0.256 e. The van der Waals surface area contributed by atoms with Crippen molar-refractivity contribution >= 4 is 29.1 Å². The maximum Gasteiger partial charge on any atom is 0.256 e. The van der Waals surface area contributed by atoms with E-state index in [2.05, 4.69) is 5.32 Å². The molecule has 8 heteroatoms. The van der Waals surface area contributed by atoms with Crippen LogP contribution in [0.25, 0.3) is 0 Å². The lowest BCUT2D eigenvalue weighted by molar-refractivity contribution is -0.124. The summed E-state index contributed by atoms with van der Waals surface area (Å²) in [6.07, 6.45) is 1.17. The molecule has 0 radical (unpaired) electrons. The number of hydrogen-bond donors (Lipinski definition) is 1. The Morgan fingerprint density at radius 1 is 1.14 bits per heavy atom. The van der Waals surface area contributed by atoms with Crippen LogP contribution in [0.3, 0.4) is 0 Å². The van der Waals surface area contributed by atoms with Crippen molar-refractivity contribution in [2.24, 2.45) is 0 Å². The molecule has 1 atom stereocenters. The maximum absolute atomic E-state index is 13.9. The number of anilines is 2. The third-order valence-corrected chi connectivity index (χ3v) is 5.32. The molecule has 1 N–H and O–H groups in total. The van der Waals surface area contributed by atoms with E-state index in [-0.39, 0.29) is 22.8 Å². The van der Waals surface area contributed by atoms with Crippen molar-refractivity contribution in [3.63, 3.8) is 0 Å². The molecule has 6 nitrogen and oxygen atoms in total. The molecule has 0 saturated carbocycles. The summed E-state index contributed by atoms with van der Waals surface area (Å²) in [5.74, 6) is -2.46. The number of benzene rings is 2. The Balaban J connectivity index is 1.67. The molecular weight excluding hydrogens is 380 g/mol. The van der Waals surface area contributed by atoms with Crippen LogP contribution in [-0.4, -0.2) is 41.8 Å². The largest absolute Gasteiger partial charge is 0.327 e. The van der Waals surface area contributed by atoms with Crippen LogP contribution in [0.1, 0.15) is 28.8 Å². The fourth-order valence-corrected chi connectivity index (χ4v) is 3.85. The van der Waals surface area contributed by atoms with Crippen LogP contribution in [0.5, 0.6) is 0 Å². The Morgan fingerprint density at radius 2 is 1.86 bits per heavy atom. The number of fused-ring (bicyclic) bond motifs is 2. The summed E-state index contributed by atoms with van der Waals surface area (Å²) >= 11 is 0. The minimum Gasteiger partial charge on any atom is -0.327 e. The topological polar surface area (TPSA) is 69.7 Å². The van der Waals surface area contributed by atoms with Gasteiger partial charge in [-0.2, -0.15) is 0 Å². The number of carbonyl (C=O) groups excluding carboxylic acids is 3. The Kier molecular flexibility index (Phi) is 4.77. The van der Waals surface area contributed by atoms with Crippen LogP contribution in [0.4, 0.5) is 20.2 Å². The number of nitrogens with zero attached hydrogens (tertiary/aromatic N) is 2. The standard InChI is InChI=1S/C21H19F2N3O3/c1-12-4-5-13(22)9-16(12)24-19(27)11-26-18-10-14(23)6-7-15(18)20(28)25-8-2-3-17(25)21(26)29/h4-7,9-10,17H,2-3,8,11H2,1H3,(H,24,27). The molecule has 2 aromatic carbocycles. The molecular formula is C21H19F2N3O3. The maximum atomic E-state index is 13.9. The van der Waals surface area contributed by atoms with Gasteiger partial charge in [-0.3, -0.25) is 14.4 Å². The molecule has 0 bridgehead atoms. The van der Waals surface area contributed by atoms with Gasteiger partial charge in [0.2, 0.25) is 11.8 Å². The van der Waals surface area contributed by atoms with Crippen molar-refractivity contribution in [3.8, 4) is 0 Å². The average Bonchev–Trinajstić information content (AvgIpc) is 3.15. The lowest BCUT2D eigenvalue weighted by Gasteiger charge is -2.25. The third kappa shape index (κ3) is 3.46. The molecule has 0 spiro atoms. The molecule has 1 saturated heterocycles. The first-order valence-corrected chi connectivity index (χ1v) is 9.33. The third-order valence-electron chi connectivity index (χ3n) is 5.32. The highest BCUT2D eigenvalue weighted by atomic mass is 19.1. The van der Waals surface area contributed by atoms with Crippen molar-refractivity contribution in [1.29, 1.82) is 0 Å². The van der Waals surface area contributed by atoms with Gasteiger partial charge >= 0.3 is 0 Å². The van der Waals surface area contributed by atoms with Crippen LogP contribution in [-0.2, 0) is 9.59 Å². The van der Waals surface area contributed by atoms with Crippen LogP contribution < -0.4 is 10.2 Å². The van der Waals surface area contributed by atoms with E-state index in [0.29, 0.717) is 24.9 Å². The summed E-state index contributed by atoms with van der Waals surface area (Å²) in [6.45, 7) is 1.74. The molecule has 2 aliphatic heterocycles. The van der Waals surface area contributed by atoms with E-state index >= 15 is 0 Å². The minimum absolute atomic E-state index is 0.0699. The fourth-order valence-electron chi connectivity index (χ4n) is 3.85. The summed E-state index contributed by atoms with van der Waals surface area (Å²) in [4.78, 5) is 41.3. The zero-order valence-corrected chi connectivity index (χ0v) is 15.7. The van der Waals surface area contributed by atoms with Gasteiger partial charge in [0.25, 0.3) is 5.91 Å². The van der Waals surface area contributed by atoms with Gasteiger partial charge in [-0.15, -0.1) is 0 Å². The van der Waals surface area contributed by atoms with Gasteiger partial charge in [0.15, 0.2) is 0 Å². The van der Waals surface area contributed by atoms with Crippen molar-refractivity contribution in [1.82, 2.24) is 4.90 Å². The highest BCUT2D eigenvalue weighted by Gasteiger charge is 2.42. The van der Waals surface area contributed by atoms with Gasteiger partial charge in [-0.05, 0) is 55.7 Å². The molecule has 3 amide bonds. The van der Waals surface area contributed by atoms with Gasteiger partial charge in [-0.1, -0.05) is 6.07 Å². The Bertz CT molecular complexity index is 1020. The number of amides is 3. The second-order valence-electron chi connectivity index (χ2n) is 7.25. The first-order chi connectivity index (χ1) is 13.8. The predicted octanol–water partition coefficient (Wildman–Crippen LogP) is 2.86. The number of carbonyl (C=O) groups is 3. The van der Waals surface area contributed by atoms with E-state index in [1.165, 1.54) is 29.2 Å². The molecule has 0 aromatic heterocycles. The Hall–Kier alpha value is -3.29. The SMILES string of the molecule is Cc1ccc(F)cc1NC(=O)CN1C(=O)C2CCCN2C(=O)c2ccc(F)cc21. The van der Waals surface area contributed by atoms with Gasteiger partial charge < -0.3 is 15.1 Å². The van der Waals surface area contributed by atoms with E-state index in [0.717, 1.165) is 17.0 Å². The van der Waals surface area contributed by atoms with Crippen LogP contribution in [0.15, 0.2) is 36.4 Å². The summed E-state index contributed by atoms with van der Waals surface area (Å²) in [5, 5.41) is 2.59. The van der Waals surface area contributed by atoms with Crippen molar-refractivity contribution < 1.29 is 23.2 Å². The van der Waals surface area contributed by atoms with Gasteiger partial charge in [0.1, 0.15) is 24.2 Å². The molecule has 0 aliphatic carbocycles. The van der Waals surface area contributed by atoms with E-state index < -0.39 is 36.0 Å². The zero-order valence-electron chi connectivity index (χ0n) is 15.7. The van der Waals surface area contributed by atoms with E-state index in [1.807, 2.05) is 0 Å². The lowest BCUT2D eigenvalue weighted by Crippen LogP contribution is -2.47. The van der Waals surface area contributed by atoms with E-state index in [9.17, 15) is 23.2 Å². The van der Waals surface area contributed by atoms with Crippen molar-refractivity contribution in [2.75, 3.05) is 23.3 Å². The predicted molar refractivity (Wildman–Crippen MR) is 103 cm³/mol. The zero-order chi connectivity index (χ0) is 20.7. The average molecular weight is 399 g/mol. The monoisotopic (exact) mass is 399 g/mol. The summed E-state index contributed by atoms with van der Waals surface area (Å²) < 4.78 is 27.4. The summed E-state index contributed by atoms with van der Waals surface area (Å²) in [5.41, 5.74) is 1.19. The van der Waals surface area contributed by atoms with Crippen molar-refractivity contribution in [2.45, 2.75) is 25.8 Å². The Labute approximate surface area is 166 Å². The molecule has 1 unspecified atom stereocenters. The molecule has 1 fully saturated rings. The summed E-state index contributed by atoms with van der Waals surface area (Å²) in [7, 11) is 0. The van der Waals surface area contributed by atoms with Crippen LogP contribution >= 0.6 is 0 Å². The molecule has 150 valence electrons. The number of aryl methyl sites for hydroxylation is 1. The highest BCUT2D eigenvalue weighted by molar-refractivity contribution is 6.13. The van der Waals surface area contributed by atoms with Crippen LogP contribution in [0, 0.1) is 18.6 Å². The molecule has 29 heavy (non-hydrogen) atoms. The number of hydrogen-bond acceptors (Lipinski definition) is 3. The fraction of sp³-hybridized carbons (Fsp3) is 0.286. The normalized spacial score (nSPS) is 18.4. The van der Waals surface area contributed by atoms with E-state index in [4.69, 9.17) is 0 Å². The highest BCUT2D eigenvalue weighted by Crippen LogP contribution is 2.33. The second-order valence-corrected chi connectivity index (χ2v) is 7.25. The number of halogens is 2. The minimum atomic E-state index is -0.679. The molecule has 2 aromatic rings. The van der Waals surface area contributed by atoms with Crippen molar-refractivity contribution in [3.05, 3.63) is 59.2 Å². The quantitative estimate of drug-likeness (QED) is 0.863. The Morgan fingerprint density at radius 3 is 2.66 bits per heavy atom.